The number of amides is 1. The van der Waals surface area contributed by atoms with Gasteiger partial charge < -0.3 is 24.1 Å². The highest BCUT2D eigenvalue weighted by Crippen LogP contribution is 2.33. The molecule has 0 aliphatic carbocycles. The minimum Gasteiger partial charge on any atom is -0.495 e. The van der Waals surface area contributed by atoms with Crippen LogP contribution in [0.25, 0.3) is 11.3 Å². The smallest absolute Gasteiger partial charge is 0.225 e. The predicted molar refractivity (Wildman–Crippen MR) is 116 cm³/mol. The van der Waals surface area contributed by atoms with E-state index < -0.39 is 21.5 Å². The standard InChI is InChI=1S/C22H22N2O7S/c1-14-11-19(31-24-14)15-3-5-18(28-2)21(12-15)32(26,27)10-7-22(25)23-16-4-6-17-20(13-16)30-9-8-29-17/h3-6,11-13H,7-10H2,1-2H3,(H,23,25). The molecule has 1 amide bonds. The molecule has 32 heavy (non-hydrogen) atoms. The number of rotatable bonds is 7. The molecule has 4 rings (SSSR count). The average molecular weight is 458 g/mol. The second-order valence-electron chi connectivity index (χ2n) is 7.17. The zero-order valence-corrected chi connectivity index (χ0v) is 18.4. The minimum atomic E-state index is -3.82. The SMILES string of the molecule is COc1ccc(-c2cc(C)no2)cc1S(=O)(=O)CCC(=O)Nc1ccc2c(c1)OCCO2. The molecule has 0 bridgehead atoms. The summed E-state index contributed by atoms with van der Waals surface area (Å²) in [5.74, 6) is 0.941. The van der Waals surface area contributed by atoms with Gasteiger partial charge in [-0.25, -0.2) is 8.42 Å². The molecule has 10 heteroatoms. The first-order valence-electron chi connectivity index (χ1n) is 9.90. The topological polar surface area (TPSA) is 117 Å². The number of carbonyl (C=O) groups is 1. The highest BCUT2D eigenvalue weighted by atomic mass is 32.2. The number of hydrogen-bond acceptors (Lipinski definition) is 8. The van der Waals surface area contributed by atoms with Crippen LogP contribution in [0.15, 0.2) is 51.9 Å². The number of ether oxygens (including phenoxy) is 3. The predicted octanol–water partition coefficient (Wildman–Crippen LogP) is 3.23. The number of fused-ring (bicyclic) bond motifs is 1. The van der Waals surface area contributed by atoms with Gasteiger partial charge in [-0.1, -0.05) is 5.16 Å². The molecule has 0 saturated heterocycles. The quantitative estimate of drug-likeness (QED) is 0.574. The lowest BCUT2D eigenvalue weighted by atomic mass is 10.1. The van der Waals surface area contributed by atoms with E-state index in [4.69, 9.17) is 18.7 Å². The molecule has 2 heterocycles. The Kier molecular flexibility index (Phi) is 6.04. The van der Waals surface area contributed by atoms with Crippen LogP contribution in [0.3, 0.4) is 0 Å². The Hall–Kier alpha value is -3.53. The van der Waals surface area contributed by atoms with Crippen molar-refractivity contribution in [3.05, 3.63) is 48.2 Å². The van der Waals surface area contributed by atoms with E-state index in [1.807, 2.05) is 0 Å². The summed E-state index contributed by atoms with van der Waals surface area (Å²) in [6.45, 7) is 2.67. The number of sulfone groups is 1. The van der Waals surface area contributed by atoms with Crippen molar-refractivity contribution in [2.45, 2.75) is 18.2 Å². The fourth-order valence-electron chi connectivity index (χ4n) is 3.25. The molecule has 0 fully saturated rings. The normalized spacial score (nSPS) is 12.9. The summed E-state index contributed by atoms with van der Waals surface area (Å²) < 4.78 is 47.4. The molecule has 0 atom stereocenters. The van der Waals surface area contributed by atoms with Crippen LogP contribution in [0, 0.1) is 6.92 Å². The molecule has 0 radical (unpaired) electrons. The Labute approximate surface area is 185 Å². The third-order valence-electron chi connectivity index (χ3n) is 4.83. The van der Waals surface area contributed by atoms with Gasteiger partial charge >= 0.3 is 0 Å². The largest absolute Gasteiger partial charge is 0.495 e. The molecule has 2 aromatic carbocycles. The van der Waals surface area contributed by atoms with Crippen LogP contribution in [0.5, 0.6) is 17.2 Å². The minimum absolute atomic E-state index is 0.0151. The van der Waals surface area contributed by atoms with Gasteiger partial charge in [-0.05, 0) is 37.3 Å². The average Bonchev–Trinajstić information content (AvgIpc) is 3.23. The maximum Gasteiger partial charge on any atom is 0.225 e. The fraction of sp³-hybridized carbons (Fsp3) is 0.273. The Morgan fingerprint density at radius 2 is 1.88 bits per heavy atom. The number of hydrogen-bond donors (Lipinski definition) is 1. The molecule has 1 aliphatic heterocycles. The molecule has 9 nitrogen and oxygen atoms in total. The van der Waals surface area contributed by atoms with E-state index >= 15 is 0 Å². The first-order valence-corrected chi connectivity index (χ1v) is 11.5. The number of aryl methyl sites for hydroxylation is 1. The lowest BCUT2D eigenvalue weighted by Crippen LogP contribution is -2.19. The second kappa shape index (κ2) is 8.91. The lowest BCUT2D eigenvalue weighted by molar-refractivity contribution is -0.115. The van der Waals surface area contributed by atoms with Crippen molar-refractivity contribution in [3.8, 4) is 28.6 Å². The zero-order chi connectivity index (χ0) is 22.7. The number of anilines is 1. The third-order valence-corrected chi connectivity index (χ3v) is 6.57. The Morgan fingerprint density at radius 1 is 1.09 bits per heavy atom. The van der Waals surface area contributed by atoms with Gasteiger partial charge in [0.1, 0.15) is 23.9 Å². The summed E-state index contributed by atoms with van der Waals surface area (Å²) in [5.41, 5.74) is 1.72. The van der Waals surface area contributed by atoms with E-state index in [2.05, 4.69) is 10.5 Å². The maximum atomic E-state index is 13.0. The van der Waals surface area contributed by atoms with E-state index in [-0.39, 0.29) is 17.1 Å². The van der Waals surface area contributed by atoms with Crippen molar-refractivity contribution in [3.63, 3.8) is 0 Å². The fourth-order valence-corrected chi connectivity index (χ4v) is 4.69. The second-order valence-corrected chi connectivity index (χ2v) is 9.25. The van der Waals surface area contributed by atoms with Crippen LogP contribution in [-0.4, -0.2) is 45.6 Å². The van der Waals surface area contributed by atoms with Crippen LogP contribution >= 0.6 is 0 Å². The van der Waals surface area contributed by atoms with Gasteiger partial charge in [0.2, 0.25) is 5.91 Å². The van der Waals surface area contributed by atoms with Gasteiger partial charge in [0.25, 0.3) is 0 Å². The summed E-state index contributed by atoms with van der Waals surface area (Å²) in [6, 6.07) is 11.4. The molecule has 3 aromatic rings. The van der Waals surface area contributed by atoms with Gasteiger partial charge in [0.15, 0.2) is 27.1 Å². The molecular formula is C22H22N2O7S. The van der Waals surface area contributed by atoms with Crippen LogP contribution in [0.1, 0.15) is 12.1 Å². The van der Waals surface area contributed by atoms with Crippen molar-refractivity contribution < 1.29 is 31.9 Å². The van der Waals surface area contributed by atoms with Crippen molar-refractivity contribution in [1.29, 1.82) is 0 Å². The number of nitrogens with zero attached hydrogens (tertiary/aromatic N) is 1. The van der Waals surface area contributed by atoms with Gasteiger partial charge in [0, 0.05) is 29.8 Å². The number of carbonyl (C=O) groups excluding carboxylic acids is 1. The molecule has 1 aliphatic rings. The maximum absolute atomic E-state index is 13.0. The lowest BCUT2D eigenvalue weighted by Gasteiger charge is -2.19. The van der Waals surface area contributed by atoms with E-state index in [1.165, 1.54) is 13.2 Å². The first kappa shape index (κ1) is 21.7. The highest BCUT2D eigenvalue weighted by molar-refractivity contribution is 7.91. The number of methoxy groups -OCH3 is 1. The number of nitrogens with one attached hydrogen (secondary N) is 1. The van der Waals surface area contributed by atoms with Crippen LogP contribution in [0.4, 0.5) is 5.69 Å². The molecule has 1 aromatic heterocycles. The van der Waals surface area contributed by atoms with Crippen LogP contribution in [0.2, 0.25) is 0 Å². The summed E-state index contributed by atoms with van der Waals surface area (Å²) in [5, 5.41) is 6.52. The molecule has 0 saturated carbocycles. The van der Waals surface area contributed by atoms with Crippen LogP contribution < -0.4 is 19.5 Å². The molecule has 0 spiro atoms. The first-order chi connectivity index (χ1) is 15.4. The third kappa shape index (κ3) is 4.70. The zero-order valence-electron chi connectivity index (χ0n) is 17.6. The Balaban J connectivity index is 1.47. The number of benzene rings is 2. The molecule has 1 N–H and O–H groups in total. The van der Waals surface area contributed by atoms with Gasteiger partial charge in [-0.2, -0.15) is 0 Å². The van der Waals surface area contributed by atoms with Gasteiger partial charge in [0.05, 0.1) is 18.6 Å². The van der Waals surface area contributed by atoms with E-state index in [0.717, 1.165) is 0 Å². The van der Waals surface area contributed by atoms with Gasteiger partial charge in [-0.15, -0.1) is 0 Å². The van der Waals surface area contributed by atoms with Crippen molar-refractivity contribution in [1.82, 2.24) is 5.16 Å². The summed E-state index contributed by atoms with van der Waals surface area (Å²) >= 11 is 0. The van der Waals surface area contributed by atoms with E-state index in [1.54, 1.807) is 43.3 Å². The molecule has 168 valence electrons. The monoisotopic (exact) mass is 458 g/mol. The van der Waals surface area contributed by atoms with E-state index in [9.17, 15) is 13.2 Å². The van der Waals surface area contributed by atoms with Crippen molar-refractivity contribution in [2.75, 3.05) is 31.4 Å². The van der Waals surface area contributed by atoms with Crippen LogP contribution in [-0.2, 0) is 14.6 Å². The molecule has 0 unspecified atom stereocenters. The van der Waals surface area contributed by atoms with Crippen molar-refractivity contribution in [2.24, 2.45) is 0 Å². The summed E-state index contributed by atoms with van der Waals surface area (Å²) in [6.07, 6.45) is -0.231. The Morgan fingerprint density at radius 3 is 2.59 bits per heavy atom. The van der Waals surface area contributed by atoms with E-state index in [0.29, 0.717) is 47.4 Å². The summed E-state index contributed by atoms with van der Waals surface area (Å²) in [7, 11) is -2.43. The number of aromatic nitrogens is 1. The van der Waals surface area contributed by atoms with Gasteiger partial charge in [-0.3, -0.25) is 4.79 Å². The van der Waals surface area contributed by atoms with Crippen molar-refractivity contribution >= 4 is 21.4 Å². The summed E-state index contributed by atoms with van der Waals surface area (Å²) in [4.78, 5) is 12.4. The highest BCUT2D eigenvalue weighted by Gasteiger charge is 2.23. The Bertz CT molecular complexity index is 1250. The molecular weight excluding hydrogens is 436 g/mol.